The number of carbonyl (C=O) groups is 1. The summed E-state index contributed by atoms with van der Waals surface area (Å²) in [7, 11) is 0. The summed E-state index contributed by atoms with van der Waals surface area (Å²) in [5, 5.41) is 0. The SMILES string of the molecule is Nc1ccoc1C(=O)OCCc1ccccc1. The van der Waals surface area contributed by atoms with E-state index in [-0.39, 0.29) is 5.76 Å². The van der Waals surface area contributed by atoms with Crippen LogP contribution in [0, 0.1) is 0 Å². The van der Waals surface area contributed by atoms with E-state index in [9.17, 15) is 4.79 Å². The van der Waals surface area contributed by atoms with Crippen LogP contribution in [-0.4, -0.2) is 12.6 Å². The monoisotopic (exact) mass is 231 g/mol. The first kappa shape index (κ1) is 11.3. The molecule has 0 amide bonds. The first-order valence-corrected chi connectivity index (χ1v) is 5.31. The van der Waals surface area contributed by atoms with Crippen molar-refractivity contribution in [1.29, 1.82) is 0 Å². The number of carbonyl (C=O) groups excluding carboxylic acids is 1. The van der Waals surface area contributed by atoms with Crippen molar-refractivity contribution >= 4 is 11.7 Å². The molecule has 17 heavy (non-hydrogen) atoms. The minimum atomic E-state index is -0.525. The summed E-state index contributed by atoms with van der Waals surface area (Å²) in [4.78, 5) is 11.5. The van der Waals surface area contributed by atoms with Gasteiger partial charge in [-0.2, -0.15) is 0 Å². The molecule has 88 valence electrons. The van der Waals surface area contributed by atoms with E-state index >= 15 is 0 Å². The van der Waals surface area contributed by atoms with E-state index in [1.165, 1.54) is 12.3 Å². The number of furan rings is 1. The molecular formula is C13H13NO3. The highest BCUT2D eigenvalue weighted by Gasteiger charge is 2.14. The summed E-state index contributed by atoms with van der Waals surface area (Å²) >= 11 is 0. The fourth-order valence-corrected chi connectivity index (χ4v) is 1.46. The van der Waals surface area contributed by atoms with Crippen LogP contribution < -0.4 is 5.73 Å². The Hall–Kier alpha value is -2.23. The summed E-state index contributed by atoms with van der Waals surface area (Å²) in [6.45, 7) is 0.309. The van der Waals surface area contributed by atoms with Gasteiger partial charge in [-0.1, -0.05) is 30.3 Å². The molecule has 0 aliphatic rings. The van der Waals surface area contributed by atoms with Crippen molar-refractivity contribution in [2.24, 2.45) is 0 Å². The number of hydrogen-bond donors (Lipinski definition) is 1. The van der Waals surface area contributed by atoms with Gasteiger partial charge in [-0.15, -0.1) is 0 Å². The van der Waals surface area contributed by atoms with Crippen LogP contribution in [0.25, 0.3) is 0 Å². The van der Waals surface area contributed by atoms with Crippen LogP contribution >= 0.6 is 0 Å². The van der Waals surface area contributed by atoms with Crippen LogP contribution in [0.3, 0.4) is 0 Å². The Morgan fingerprint density at radius 3 is 2.65 bits per heavy atom. The fourth-order valence-electron chi connectivity index (χ4n) is 1.46. The Bertz CT molecular complexity index is 490. The van der Waals surface area contributed by atoms with E-state index in [2.05, 4.69) is 0 Å². The van der Waals surface area contributed by atoms with E-state index < -0.39 is 5.97 Å². The van der Waals surface area contributed by atoms with Crippen LogP contribution in [0.15, 0.2) is 47.1 Å². The smallest absolute Gasteiger partial charge is 0.376 e. The second kappa shape index (κ2) is 5.21. The van der Waals surface area contributed by atoms with Gasteiger partial charge >= 0.3 is 5.97 Å². The average molecular weight is 231 g/mol. The lowest BCUT2D eigenvalue weighted by atomic mass is 10.2. The number of anilines is 1. The highest BCUT2D eigenvalue weighted by Crippen LogP contribution is 2.13. The number of ether oxygens (including phenoxy) is 1. The van der Waals surface area contributed by atoms with Crippen LogP contribution in [0.4, 0.5) is 5.69 Å². The maximum atomic E-state index is 11.5. The molecule has 0 atom stereocenters. The van der Waals surface area contributed by atoms with Gasteiger partial charge in [0.05, 0.1) is 18.6 Å². The van der Waals surface area contributed by atoms with E-state index in [0.29, 0.717) is 18.7 Å². The summed E-state index contributed by atoms with van der Waals surface area (Å²) in [5.41, 5.74) is 6.95. The van der Waals surface area contributed by atoms with Crippen LogP contribution in [0.1, 0.15) is 16.1 Å². The molecular weight excluding hydrogens is 218 g/mol. The molecule has 0 aliphatic carbocycles. The third kappa shape index (κ3) is 2.87. The maximum absolute atomic E-state index is 11.5. The maximum Gasteiger partial charge on any atom is 0.376 e. The average Bonchev–Trinajstić information content (AvgIpc) is 2.77. The predicted molar refractivity (Wildman–Crippen MR) is 63.5 cm³/mol. The van der Waals surface area contributed by atoms with Gasteiger partial charge in [0.2, 0.25) is 5.76 Å². The van der Waals surface area contributed by atoms with Crippen molar-refractivity contribution < 1.29 is 13.9 Å². The number of benzene rings is 1. The molecule has 0 saturated heterocycles. The number of nitrogen functional groups attached to an aromatic ring is 1. The minimum Gasteiger partial charge on any atom is -0.459 e. The Balaban J connectivity index is 1.84. The highest BCUT2D eigenvalue weighted by atomic mass is 16.5. The first-order chi connectivity index (χ1) is 8.27. The molecule has 1 aromatic carbocycles. The molecule has 4 nitrogen and oxygen atoms in total. The first-order valence-electron chi connectivity index (χ1n) is 5.31. The second-order valence-electron chi connectivity index (χ2n) is 3.58. The number of esters is 1. The lowest BCUT2D eigenvalue weighted by molar-refractivity contribution is 0.0474. The van der Waals surface area contributed by atoms with Crippen LogP contribution in [0.5, 0.6) is 0 Å². The van der Waals surface area contributed by atoms with Crippen LogP contribution in [-0.2, 0) is 11.2 Å². The molecule has 4 heteroatoms. The van der Waals surface area contributed by atoms with E-state index in [0.717, 1.165) is 5.56 Å². The van der Waals surface area contributed by atoms with Crippen molar-refractivity contribution in [1.82, 2.24) is 0 Å². The van der Waals surface area contributed by atoms with Gasteiger partial charge in [-0.05, 0) is 5.56 Å². The standard InChI is InChI=1S/C13H13NO3/c14-11-7-9-16-12(11)13(15)17-8-6-10-4-2-1-3-5-10/h1-5,7,9H,6,8,14H2. The number of rotatable bonds is 4. The molecule has 0 spiro atoms. The zero-order valence-electron chi connectivity index (χ0n) is 9.26. The van der Waals surface area contributed by atoms with Gasteiger partial charge in [0.25, 0.3) is 0 Å². The molecule has 0 aliphatic heterocycles. The molecule has 0 unspecified atom stereocenters. The quantitative estimate of drug-likeness (QED) is 0.820. The highest BCUT2D eigenvalue weighted by molar-refractivity contribution is 5.91. The summed E-state index contributed by atoms with van der Waals surface area (Å²) < 4.78 is 9.99. The normalized spacial score (nSPS) is 10.1. The number of nitrogens with two attached hydrogens (primary N) is 1. The van der Waals surface area contributed by atoms with Crippen molar-refractivity contribution in [2.75, 3.05) is 12.3 Å². The van der Waals surface area contributed by atoms with Gasteiger partial charge in [0.1, 0.15) is 0 Å². The molecule has 2 rings (SSSR count). The van der Waals surface area contributed by atoms with Crippen molar-refractivity contribution in [3.8, 4) is 0 Å². The molecule has 0 bridgehead atoms. The van der Waals surface area contributed by atoms with Gasteiger partial charge in [-0.3, -0.25) is 0 Å². The zero-order valence-corrected chi connectivity index (χ0v) is 9.26. The minimum absolute atomic E-state index is 0.0676. The van der Waals surface area contributed by atoms with Gasteiger partial charge in [-0.25, -0.2) is 4.79 Å². The second-order valence-corrected chi connectivity index (χ2v) is 3.58. The van der Waals surface area contributed by atoms with Gasteiger partial charge < -0.3 is 14.9 Å². The molecule has 2 N–H and O–H groups in total. The molecule has 1 heterocycles. The van der Waals surface area contributed by atoms with Crippen molar-refractivity contribution in [3.63, 3.8) is 0 Å². The predicted octanol–water partition coefficient (Wildman–Crippen LogP) is 2.26. The number of hydrogen-bond acceptors (Lipinski definition) is 4. The summed E-state index contributed by atoms with van der Waals surface area (Å²) in [6.07, 6.45) is 2.04. The van der Waals surface area contributed by atoms with E-state index in [4.69, 9.17) is 14.9 Å². The molecule has 1 aromatic heterocycles. The van der Waals surface area contributed by atoms with Crippen molar-refractivity contribution in [2.45, 2.75) is 6.42 Å². The fraction of sp³-hybridized carbons (Fsp3) is 0.154. The molecule has 0 radical (unpaired) electrons. The third-order valence-electron chi connectivity index (χ3n) is 2.35. The lowest BCUT2D eigenvalue weighted by Crippen LogP contribution is -2.09. The largest absolute Gasteiger partial charge is 0.459 e. The van der Waals surface area contributed by atoms with Gasteiger partial charge in [0, 0.05) is 12.5 Å². The van der Waals surface area contributed by atoms with Crippen LogP contribution in [0.2, 0.25) is 0 Å². The lowest BCUT2D eigenvalue weighted by Gasteiger charge is -2.03. The third-order valence-corrected chi connectivity index (χ3v) is 2.35. The van der Waals surface area contributed by atoms with Gasteiger partial charge in [0.15, 0.2) is 0 Å². The topological polar surface area (TPSA) is 65.5 Å². The Labute approximate surface area is 99.0 Å². The summed E-state index contributed by atoms with van der Waals surface area (Å²) in [6, 6.07) is 11.3. The molecule has 0 fully saturated rings. The molecule has 2 aromatic rings. The Morgan fingerprint density at radius 1 is 1.24 bits per heavy atom. The zero-order chi connectivity index (χ0) is 12.1. The molecule has 0 saturated carbocycles. The van der Waals surface area contributed by atoms with Crippen molar-refractivity contribution in [3.05, 3.63) is 54.0 Å². The Morgan fingerprint density at radius 2 is 2.00 bits per heavy atom. The summed E-state index contributed by atoms with van der Waals surface area (Å²) in [5.74, 6) is -0.457. The van der Waals surface area contributed by atoms with E-state index in [1.54, 1.807) is 0 Å². The van der Waals surface area contributed by atoms with E-state index in [1.807, 2.05) is 30.3 Å². The Kier molecular flexibility index (Phi) is 3.45.